The molecule has 30 heavy (non-hydrogen) atoms. The Labute approximate surface area is 184 Å². The van der Waals surface area contributed by atoms with Gasteiger partial charge in [0.2, 0.25) is 0 Å². The summed E-state index contributed by atoms with van der Waals surface area (Å²) in [7, 11) is 0. The molecule has 2 aromatic carbocycles. The van der Waals surface area contributed by atoms with Gasteiger partial charge in [0.05, 0.1) is 9.88 Å². The van der Waals surface area contributed by atoms with Gasteiger partial charge in [0, 0.05) is 12.6 Å². The minimum absolute atomic E-state index is 0.141. The highest BCUT2D eigenvalue weighted by molar-refractivity contribution is 7.15. The zero-order valence-electron chi connectivity index (χ0n) is 18.3. The lowest BCUT2D eigenvalue weighted by Crippen LogP contribution is -2.07. The van der Waals surface area contributed by atoms with Gasteiger partial charge in [0.25, 0.3) is 0 Å². The van der Waals surface area contributed by atoms with E-state index in [4.69, 9.17) is 4.74 Å². The normalized spacial score (nSPS) is 11.1. The van der Waals surface area contributed by atoms with Crippen LogP contribution in [0, 0.1) is 0 Å². The summed E-state index contributed by atoms with van der Waals surface area (Å²) in [6, 6.07) is 12.3. The van der Waals surface area contributed by atoms with Crippen LogP contribution in [0.15, 0.2) is 42.6 Å². The Bertz CT molecular complexity index is 947. The highest BCUT2D eigenvalue weighted by atomic mass is 32.1. The monoisotopic (exact) mass is 423 g/mol. The van der Waals surface area contributed by atoms with Crippen LogP contribution in [-0.2, 0) is 11.2 Å². The number of fused-ring (bicyclic) bond motifs is 1. The zero-order chi connectivity index (χ0) is 21.2. The fraction of sp³-hybridized carbons (Fsp3) is 0.462. The summed E-state index contributed by atoms with van der Waals surface area (Å²) in [6.45, 7) is 4.41. The van der Waals surface area contributed by atoms with Crippen molar-refractivity contribution in [2.24, 2.45) is 0 Å². The van der Waals surface area contributed by atoms with Gasteiger partial charge in [-0.3, -0.25) is 4.79 Å². The van der Waals surface area contributed by atoms with Crippen LogP contribution in [-0.4, -0.2) is 11.0 Å². The van der Waals surface area contributed by atoms with Gasteiger partial charge in [0.15, 0.2) is 0 Å². The van der Waals surface area contributed by atoms with E-state index in [1.807, 2.05) is 24.4 Å². The Morgan fingerprint density at radius 2 is 1.63 bits per heavy atom. The molecule has 0 bridgehead atoms. The van der Waals surface area contributed by atoms with Crippen LogP contribution in [0.5, 0.6) is 5.75 Å². The van der Waals surface area contributed by atoms with Crippen LogP contribution in [0.25, 0.3) is 21.2 Å². The van der Waals surface area contributed by atoms with Crippen LogP contribution in [0.2, 0.25) is 0 Å². The molecule has 0 aliphatic carbocycles. The summed E-state index contributed by atoms with van der Waals surface area (Å²) in [4.78, 5) is 17.9. The van der Waals surface area contributed by atoms with Gasteiger partial charge < -0.3 is 4.74 Å². The second kappa shape index (κ2) is 11.8. The molecule has 4 heteroatoms. The van der Waals surface area contributed by atoms with E-state index in [1.54, 1.807) is 11.3 Å². The summed E-state index contributed by atoms with van der Waals surface area (Å²) in [6.07, 6.45) is 13.0. The van der Waals surface area contributed by atoms with E-state index in [1.165, 1.54) is 54.0 Å². The van der Waals surface area contributed by atoms with E-state index >= 15 is 0 Å². The van der Waals surface area contributed by atoms with Crippen molar-refractivity contribution in [2.75, 3.05) is 0 Å². The summed E-state index contributed by atoms with van der Waals surface area (Å²) >= 11 is 1.79. The average molecular weight is 424 g/mol. The molecular formula is C26H33NO2S. The number of rotatable bonds is 12. The molecule has 0 radical (unpaired) electrons. The molecule has 3 rings (SSSR count). The van der Waals surface area contributed by atoms with Crippen molar-refractivity contribution in [2.45, 2.75) is 78.1 Å². The van der Waals surface area contributed by atoms with Crippen LogP contribution < -0.4 is 4.74 Å². The third-order valence-electron chi connectivity index (χ3n) is 5.36. The minimum Gasteiger partial charge on any atom is -0.427 e. The zero-order valence-corrected chi connectivity index (χ0v) is 19.1. The molecule has 3 aromatic rings. The molecule has 160 valence electrons. The molecule has 0 saturated heterocycles. The van der Waals surface area contributed by atoms with Crippen molar-refractivity contribution in [3.05, 3.63) is 47.6 Å². The molecule has 0 amide bonds. The Morgan fingerprint density at radius 3 is 2.43 bits per heavy atom. The lowest BCUT2D eigenvalue weighted by Gasteiger charge is -2.07. The van der Waals surface area contributed by atoms with Crippen LogP contribution in [0.3, 0.4) is 0 Å². The standard InChI is InChI=1S/C26H33NO2S/c1-3-5-7-9-11-25-27-19-24(30-25)22-14-13-21-18-23(16-15-20(21)17-22)29-26(28)12-10-8-6-4-2/h13-19H,3-12H2,1-2H3. The van der Waals surface area contributed by atoms with Gasteiger partial charge >= 0.3 is 5.97 Å². The fourth-order valence-corrected chi connectivity index (χ4v) is 4.54. The molecule has 1 heterocycles. The van der Waals surface area contributed by atoms with Crippen molar-refractivity contribution in [1.29, 1.82) is 0 Å². The third-order valence-corrected chi connectivity index (χ3v) is 6.47. The van der Waals surface area contributed by atoms with Gasteiger partial charge in [-0.1, -0.05) is 70.6 Å². The SMILES string of the molecule is CCCCCCC(=O)Oc1ccc2cc(-c3cnc(CCCCCC)s3)ccc2c1. The number of nitrogens with zero attached hydrogens (tertiary/aromatic N) is 1. The second-order valence-corrected chi connectivity index (χ2v) is 9.05. The number of hydrogen-bond donors (Lipinski definition) is 0. The maximum atomic E-state index is 12.0. The highest BCUT2D eigenvalue weighted by Crippen LogP contribution is 2.31. The Balaban J connectivity index is 1.61. The largest absolute Gasteiger partial charge is 0.427 e. The first kappa shape index (κ1) is 22.5. The molecule has 0 atom stereocenters. The van der Waals surface area contributed by atoms with Crippen LogP contribution in [0.4, 0.5) is 0 Å². The molecular weight excluding hydrogens is 390 g/mol. The number of aryl methyl sites for hydroxylation is 1. The number of benzene rings is 2. The number of carbonyl (C=O) groups excluding carboxylic acids is 1. The number of carbonyl (C=O) groups is 1. The Morgan fingerprint density at radius 1 is 0.900 bits per heavy atom. The third kappa shape index (κ3) is 6.66. The van der Waals surface area contributed by atoms with Gasteiger partial charge in [-0.25, -0.2) is 4.98 Å². The van der Waals surface area contributed by atoms with Gasteiger partial charge in [0.1, 0.15) is 5.75 Å². The first-order valence-electron chi connectivity index (χ1n) is 11.4. The summed E-state index contributed by atoms with van der Waals surface area (Å²) in [5.41, 5.74) is 1.19. The van der Waals surface area contributed by atoms with Crippen molar-refractivity contribution in [3.63, 3.8) is 0 Å². The van der Waals surface area contributed by atoms with Gasteiger partial charge in [-0.2, -0.15) is 0 Å². The van der Waals surface area contributed by atoms with Crippen LogP contribution >= 0.6 is 11.3 Å². The Kier molecular flexibility index (Phi) is 8.88. The topological polar surface area (TPSA) is 39.2 Å². The summed E-state index contributed by atoms with van der Waals surface area (Å²) in [5.74, 6) is 0.487. The summed E-state index contributed by atoms with van der Waals surface area (Å²) in [5, 5.41) is 3.45. The van der Waals surface area contributed by atoms with E-state index in [0.717, 1.165) is 30.0 Å². The maximum absolute atomic E-state index is 12.0. The number of esters is 1. The minimum atomic E-state index is -0.141. The molecule has 0 saturated carbocycles. The van der Waals surface area contributed by atoms with E-state index in [9.17, 15) is 4.79 Å². The van der Waals surface area contributed by atoms with Crippen molar-refractivity contribution < 1.29 is 9.53 Å². The van der Waals surface area contributed by atoms with Crippen molar-refractivity contribution in [1.82, 2.24) is 4.98 Å². The number of thiazole rings is 1. The summed E-state index contributed by atoms with van der Waals surface area (Å²) < 4.78 is 5.53. The van der Waals surface area contributed by atoms with Crippen LogP contribution in [0.1, 0.15) is 76.6 Å². The molecule has 3 nitrogen and oxygen atoms in total. The lowest BCUT2D eigenvalue weighted by molar-refractivity contribution is -0.134. The Hall–Kier alpha value is -2.20. The maximum Gasteiger partial charge on any atom is 0.311 e. The van der Waals surface area contributed by atoms with Crippen molar-refractivity contribution >= 4 is 28.1 Å². The number of ether oxygens (including phenoxy) is 1. The average Bonchev–Trinajstić information content (AvgIpc) is 3.23. The van der Waals surface area contributed by atoms with Gasteiger partial charge in [-0.05, 0) is 53.8 Å². The predicted molar refractivity (Wildman–Crippen MR) is 127 cm³/mol. The number of aromatic nitrogens is 1. The molecule has 0 fully saturated rings. The van der Waals surface area contributed by atoms with E-state index < -0.39 is 0 Å². The first-order chi connectivity index (χ1) is 14.7. The smallest absolute Gasteiger partial charge is 0.311 e. The molecule has 0 aliphatic heterocycles. The number of unbranched alkanes of at least 4 members (excludes halogenated alkanes) is 6. The molecule has 0 N–H and O–H groups in total. The molecule has 1 aromatic heterocycles. The second-order valence-electron chi connectivity index (χ2n) is 7.94. The molecule has 0 spiro atoms. The van der Waals surface area contributed by atoms with E-state index in [-0.39, 0.29) is 5.97 Å². The van der Waals surface area contributed by atoms with Gasteiger partial charge in [-0.15, -0.1) is 11.3 Å². The first-order valence-corrected chi connectivity index (χ1v) is 12.2. The molecule has 0 aliphatic rings. The highest BCUT2D eigenvalue weighted by Gasteiger charge is 2.08. The van der Waals surface area contributed by atoms with E-state index in [2.05, 4.69) is 37.0 Å². The number of hydrogen-bond acceptors (Lipinski definition) is 4. The lowest BCUT2D eigenvalue weighted by atomic mass is 10.1. The molecule has 0 unspecified atom stereocenters. The fourth-order valence-electron chi connectivity index (χ4n) is 3.58. The van der Waals surface area contributed by atoms with E-state index in [0.29, 0.717) is 12.2 Å². The quantitative estimate of drug-likeness (QED) is 0.168. The predicted octanol–water partition coefficient (Wildman–Crippen LogP) is 7.96. The van der Waals surface area contributed by atoms with Crippen molar-refractivity contribution in [3.8, 4) is 16.2 Å².